The van der Waals surface area contributed by atoms with Gasteiger partial charge in [-0.1, -0.05) is 29.7 Å². The summed E-state index contributed by atoms with van der Waals surface area (Å²) >= 11 is 0. The van der Waals surface area contributed by atoms with E-state index in [1.165, 1.54) is 65.2 Å². The zero-order valence-corrected chi connectivity index (χ0v) is 12.9. The second-order valence-corrected chi connectivity index (χ2v) is 5.92. The Morgan fingerprint density at radius 3 is 0.727 bits per heavy atom. The fourth-order valence-corrected chi connectivity index (χ4v) is 2.35. The Balaban J connectivity index is -0.000000405. The van der Waals surface area contributed by atoms with E-state index in [4.69, 9.17) is 0 Å². The SMILES string of the molecule is C.C.C.C.CN1CCCN(C)CCN(C)CCCN(C)CC1. The Bertz CT molecular complexity index is 169. The summed E-state index contributed by atoms with van der Waals surface area (Å²) in [5.74, 6) is 0. The van der Waals surface area contributed by atoms with Crippen LogP contribution in [0.5, 0.6) is 0 Å². The Hall–Kier alpha value is -0.160. The zero-order valence-electron chi connectivity index (χ0n) is 12.9. The highest BCUT2D eigenvalue weighted by atomic mass is 15.2. The van der Waals surface area contributed by atoms with Gasteiger partial charge in [0, 0.05) is 26.2 Å². The molecule has 1 aliphatic heterocycles. The van der Waals surface area contributed by atoms with E-state index in [1.54, 1.807) is 0 Å². The minimum atomic E-state index is 0. The van der Waals surface area contributed by atoms with Gasteiger partial charge in [0.15, 0.2) is 0 Å². The Labute approximate surface area is 143 Å². The highest BCUT2D eigenvalue weighted by Gasteiger charge is 2.07. The van der Waals surface area contributed by atoms with Gasteiger partial charge in [-0.15, -0.1) is 0 Å². The summed E-state index contributed by atoms with van der Waals surface area (Å²) in [6.45, 7) is 9.63. The second-order valence-electron chi connectivity index (χ2n) is 5.92. The quantitative estimate of drug-likeness (QED) is 0.680. The van der Waals surface area contributed by atoms with Crippen LogP contribution in [-0.4, -0.2) is 100 Å². The van der Waals surface area contributed by atoms with Crippen LogP contribution >= 0.6 is 0 Å². The lowest BCUT2D eigenvalue weighted by Crippen LogP contribution is -2.37. The molecule has 1 saturated heterocycles. The third-order valence-electron chi connectivity index (χ3n) is 3.89. The first-order valence-corrected chi connectivity index (χ1v) is 7.32. The second kappa shape index (κ2) is 17.2. The standard InChI is InChI=1S/C14H32N4.4CH4/c1-15-7-5-8-17(3)13-14-18(4)10-6-9-16(2)12-11-15;;;;/h5-14H2,1-4H3;4*1H4. The molecule has 22 heavy (non-hydrogen) atoms. The Morgan fingerprint density at radius 2 is 0.545 bits per heavy atom. The van der Waals surface area contributed by atoms with Crippen LogP contribution in [-0.2, 0) is 0 Å². The van der Waals surface area contributed by atoms with Crippen LogP contribution in [0.3, 0.4) is 0 Å². The molecular weight excluding hydrogens is 272 g/mol. The van der Waals surface area contributed by atoms with Gasteiger partial charge in [-0.05, 0) is 67.2 Å². The van der Waals surface area contributed by atoms with Gasteiger partial charge in [0.1, 0.15) is 0 Å². The maximum atomic E-state index is 2.46. The molecule has 1 rings (SSSR count). The van der Waals surface area contributed by atoms with Crippen molar-refractivity contribution in [2.45, 2.75) is 42.5 Å². The fraction of sp³-hybridized carbons (Fsp3) is 1.00. The van der Waals surface area contributed by atoms with Gasteiger partial charge >= 0.3 is 0 Å². The van der Waals surface area contributed by atoms with Crippen LogP contribution in [0.2, 0.25) is 0 Å². The van der Waals surface area contributed by atoms with Crippen LogP contribution in [0.15, 0.2) is 0 Å². The summed E-state index contributed by atoms with van der Waals surface area (Å²) < 4.78 is 0. The monoisotopic (exact) mass is 320 g/mol. The predicted octanol–water partition coefficient (Wildman–Crippen LogP) is 3.05. The molecule has 0 saturated carbocycles. The minimum Gasteiger partial charge on any atom is -0.305 e. The van der Waals surface area contributed by atoms with Crippen molar-refractivity contribution >= 4 is 0 Å². The van der Waals surface area contributed by atoms with Gasteiger partial charge in [0.25, 0.3) is 0 Å². The maximum Gasteiger partial charge on any atom is 0.0106 e. The molecule has 140 valence electrons. The molecule has 0 aromatic heterocycles. The van der Waals surface area contributed by atoms with Gasteiger partial charge in [0.05, 0.1) is 0 Å². The zero-order chi connectivity index (χ0) is 13.4. The fourth-order valence-electron chi connectivity index (χ4n) is 2.35. The first-order valence-electron chi connectivity index (χ1n) is 7.32. The molecule has 0 bridgehead atoms. The Morgan fingerprint density at radius 1 is 0.364 bits per heavy atom. The molecule has 0 radical (unpaired) electrons. The highest BCUT2D eigenvalue weighted by Crippen LogP contribution is 1.97. The lowest BCUT2D eigenvalue weighted by Gasteiger charge is -2.26. The molecular formula is C18H48N4. The average Bonchev–Trinajstić information content (AvgIpc) is 2.33. The van der Waals surface area contributed by atoms with Crippen molar-refractivity contribution in [1.29, 1.82) is 0 Å². The Kier molecular flexibility index (Phi) is 23.3. The summed E-state index contributed by atoms with van der Waals surface area (Å²) in [6, 6.07) is 0. The van der Waals surface area contributed by atoms with Crippen molar-refractivity contribution < 1.29 is 0 Å². The third-order valence-corrected chi connectivity index (χ3v) is 3.89. The number of rotatable bonds is 0. The van der Waals surface area contributed by atoms with Crippen molar-refractivity contribution in [3.8, 4) is 0 Å². The van der Waals surface area contributed by atoms with E-state index in [1.807, 2.05) is 0 Å². The number of hydrogen-bond donors (Lipinski definition) is 0. The van der Waals surface area contributed by atoms with Crippen LogP contribution in [0.1, 0.15) is 42.5 Å². The van der Waals surface area contributed by atoms with E-state index in [9.17, 15) is 0 Å². The van der Waals surface area contributed by atoms with Gasteiger partial charge in [0.2, 0.25) is 0 Å². The van der Waals surface area contributed by atoms with Gasteiger partial charge in [-0.2, -0.15) is 0 Å². The molecule has 0 aromatic rings. The van der Waals surface area contributed by atoms with Crippen LogP contribution in [0, 0.1) is 0 Å². The lowest BCUT2D eigenvalue weighted by atomic mass is 10.3. The van der Waals surface area contributed by atoms with E-state index in [0.29, 0.717) is 0 Å². The van der Waals surface area contributed by atoms with Crippen LogP contribution in [0.25, 0.3) is 0 Å². The molecule has 0 atom stereocenters. The summed E-state index contributed by atoms with van der Waals surface area (Å²) in [7, 11) is 8.97. The lowest BCUT2D eigenvalue weighted by molar-refractivity contribution is 0.206. The molecule has 0 aliphatic carbocycles. The summed E-state index contributed by atoms with van der Waals surface area (Å²) in [6.07, 6.45) is 2.56. The average molecular weight is 321 g/mol. The molecule has 4 heteroatoms. The smallest absolute Gasteiger partial charge is 0.0106 e. The topological polar surface area (TPSA) is 13.0 Å². The van der Waals surface area contributed by atoms with E-state index in [-0.39, 0.29) is 29.7 Å². The van der Waals surface area contributed by atoms with Crippen molar-refractivity contribution in [3.63, 3.8) is 0 Å². The highest BCUT2D eigenvalue weighted by molar-refractivity contribution is 4.63. The van der Waals surface area contributed by atoms with Gasteiger partial charge in [-0.3, -0.25) is 0 Å². The van der Waals surface area contributed by atoms with E-state index < -0.39 is 0 Å². The summed E-state index contributed by atoms with van der Waals surface area (Å²) in [5.41, 5.74) is 0. The van der Waals surface area contributed by atoms with E-state index in [2.05, 4.69) is 47.8 Å². The van der Waals surface area contributed by atoms with Crippen molar-refractivity contribution in [2.75, 3.05) is 80.5 Å². The maximum absolute atomic E-state index is 2.46. The molecule has 0 unspecified atom stereocenters. The third kappa shape index (κ3) is 14.8. The normalized spacial score (nSPS) is 21.3. The van der Waals surface area contributed by atoms with Crippen LogP contribution < -0.4 is 0 Å². The summed E-state index contributed by atoms with van der Waals surface area (Å²) in [4.78, 5) is 9.84. The van der Waals surface area contributed by atoms with Gasteiger partial charge in [-0.25, -0.2) is 0 Å². The summed E-state index contributed by atoms with van der Waals surface area (Å²) in [5, 5.41) is 0. The predicted molar refractivity (Wildman–Crippen MR) is 106 cm³/mol. The minimum absolute atomic E-state index is 0. The molecule has 0 N–H and O–H groups in total. The van der Waals surface area contributed by atoms with E-state index in [0.717, 1.165) is 0 Å². The first kappa shape index (κ1) is 29.8. The molecule has 0 aromatic carbocycles. The molecule has 1 heterocycles. The van der Waals surface area contributed by atoms with Crippen LogP contribution in [0.4, 0.5) is 0 Å². The molecule has 1 fully saturated rings. The molecule has 0 amide bonds. The van der Waals surface area contributed by atoms with Crippen molar-refractivity contribution in [2.24, 2.45) is 0 Å². The first-order chi connectivity index (χ1) is 8.58. The van der Waals surface area contributed by atoms with Gasteiger partial charge < -0.3 is 19.6 Å². The van der Waals surface area contributed by atoms with Crippen molar-refractivity contribution in [1.82, 2.24) is 19.6 Å². The number of likely N-dealkylation sites (N-methyl/N-ethyl adjacent to an activating group) is 4. The largest absolute Gasteiger partial charge is 0.305 e. The van der Waals surface area contributed by atoms with E-state index >= 15 is 0 Å². The molecule has 1 aliphatic rings. The number of hydrogen-bond acceptors (Lipinski definition) is 4. The molecule has 4 nitrogen and oxygen atoms in total. The van der Waals surface area contributed by atoms with Crippen molar-refractivity contribution in [3.05, 3.63) is 0 Å². The number of nitrogens with zero attached hydrogens (tertiary/aromatic N) is 4. The molecule has 0 spiro atoms.